The summed E-state index contributed by atoms with van der Waals surface area (Å²) in [5, 5.41) is 2.71. The molecule has 2 amide bonds. The molecule has 0 unspecified atom stereocenters. The third-order valence-electron chi connectivity index (χ3n) is 3.82. The zero-order valence-corrected chi connectivity index (χ0v) is 12.5. The van der Waals surface area contributed by atoms with E-state index in [1.165, 1.54) is 0 Å². The maximum Gasteiger partial charge on any atom is 0.242 e. The Morgan fingerprint density at radius 2 is 1.76 bits per heavy atom. The molecule has 1 fully saturated rings. The first-order chi connectivity index (χ1) is 10.2. The normalized spacial score (nSPS) is 15.8. The van der Waals surface area contributed by atoms with Crippen LogP contribution in [0, 0.1) is 0 Å². The molecule has 0 spiro atoms. The summed E-state index contributed by atoms with van der Waals surface area (Å²) in [7, 11) is 0. The van der Waals surface area contributed by atoms with E-state index in [1.807, 2.05) is 35.2 Å². The minimum absolute atomic E-state index is 0.00663. The van der Waals surface area contributed by atoms with Crippen LogP contribution in [0.5, 0.6) is 0 Å². The molecule has 2 rings (SSSR count). The summed E-state index contributed by atoms with van der Waals surface area (Å²) >= 11 is 0. The van der Waals surface area contributed by atoms with Gasteiger partial charge in [-0.25, -0.2) is 0 Å². The Kier molecular flexibility index (Phi) is 5.75. The van der Waals surface area contributed by atoms with Crippen molar-refractivity contribution < 1.29 is 9.59 Å². The number of nitrogens with zero attached hydrogens (tertiary/aromatic N) is 2. The van der Waals surface area contributed by atoms with Crippen LogP contribution in [0.25, 0.3) is 0 Å². The number of carbonyl (C=O) groups excluding carboxylic acids is 2. The predicted molar refractivity (Wildman–Crippen MR) is 81.8 cm³/mol. The van der Waals surface area contributed by atoms with Crippen molar-refractivity contribution in [3.8, 4) is 0 Å². The largest absolute Gasteiger partial charge is 0.347 e. The van der Waals surface area contributed by atoms with Crippen LogP contribution in [0.15, 0.2) is 30.3 Å². The molecule has 0 saturated carbocycles. The predicted octanol–water partition coefficient (Wildman–Crippen LogP) is 0.509. The van der Waals surface area contributed by atoms with Gasteiger partial charge in [0.25, 0.3) is 0 Å². The highest BCUT2D eigenvalue weighted by Gasteiger charge is 2.20. The number of benzene rings is 1. The first-order valence-electron chi connectivity index (χ1n) is 7.49. The summed E-state index contributed by atoms with van der Waals surface area (Å²) in [5.41, 5.74) is 0.957. The molecule has 0 aliphatic carbocycles. The molecule has 5 heteroatoms. The van der Waals surface area contributed by atoms with E-state index in [9.17, 15) is 9.59 Å². The van der Waals surface area contributed by atoms with Crippen molar-refractivity contribution in [3.63, 3.8) is 0 Å². The van der Waals surface area contributed by atoms with Gasteiger partial charge in [0, 0.05) is 26.2 Å². The lowest BCUT2D eigenvalue weighted by Gasteiger charge is -2.34. The van der Waals surface area contributed by atoms with Gasteiger partial charge in [0.05, 0.1) is 13.0 Å². The summed E-state index contributed by atoms with van der Waals surface area (Å²) < 4.78 is 0. The van der Waals surface area contributed by atoms with Gasteiger partial charge in [-0.15, -0.1) is 0 Å². The van der Waals surface area contributed by atoms with Gasteiger partial charge in [0.2, 0.25) is 11.8 Å². The SMILES string of the molecule is CCN1CCN(C(=O)CNC(=O)Cc2ccccc2)CC1. The summed E-state index contributed by atoms with van der Waals surface area (Å²) in [6.45, 7) is 6.58. The molecule has 1 saturated heterocycles. The lowest BCUT2D eigenvalue weighted by molar-refractivity contribution is -0.134. The summed E-state index contributed by atoms with van der Waals surface area (Å²) in [6, 6.07) is 9.54. The van der Waals surface area contributed by atoms with E-state index in [4.69, 9.17) is 0 Å². The third kappa shape index (κ3) is 4.86. The van der Waals surface area contributed by atoms with Crippen LogP contribution in [0.4, 0.5) is 0 Å². The molecule has 1 heterocycles. The number of carbonyl (C=O) groups is 2. The van der Waals surface area contributed by atoms with E-state index in [0.717, 1.165) is 38.3 Å². The van der Waals surface area contributed by atoms with Gasteiger partial charge in [0.15, 0.2) is 0 Å². The van der Waals surface area contributed by atoms with Crippen LogP contribution in [-0.2, 0) is 16.0 Å². The number of rotatable bonds is 5. The van der Waals surface area contributed by atoms with Crippen LogP contribution in [0.2, 0.25) is 0 Å². The maximum absolute atomic E-state index is 12.0. The zero-order chi connectivity index (χ0) is 15.1. The van der Waals surface area contributed by atoms with Crippen molar-refractivity contribution in [3.05, 3.63) is 35.9 Å². The molecule has 0 bridgehead atoms. The van der Waals surface area contributed by atoms with Crippen molar-refractivity contribution in [1.82, 2.24) is 15.1 Å². The monoisotopic (exact) mass is 289 g/mol. The first kappa shape index (κ1) is 15.5. The molecule has 1 aliphatic heterocycles. The second kappa shape index (κ2) is 7.78. The van der Waals surface area contributed by atoms with Crippen LogP contribution in [-0.4, -0.2) is 60.9 Å². The lowest BCUT2D eigenvalue weighted by atomic mass is 10.1. The summed E-state index contributed by atoms with van der Waals surface area (Å²) in [5.74, 6) is -0.103. The fourth-order valence-electron chi connectivity index (χ4n) is 2.44. The molecule has 114 valence electrons. The number of hydrogen-bond acceptors (Lipinski definition) is 3. The van der Waals surface area contributed by atoms with Crippen molar-refractivity contribution in [2.45, 2.75) is 13.3 Å². The highest BCUT2D eigenvalue weighted by atomic mass is 16.2. The molecule has 21 heavy (non-hydrogen) atoms. The zero-order valence-electron chi connectivity index (χ0n) is 12.5. The van der Waals surface area contributed by atoms with Crippen LogP contribution in [0.1, 0.15) is 12.5 Å². The van der Waals surface area contributed by atoms with Gasteiger partial charge in [0.1, 0.15) is 0 Å². The Morgan fingerprint density at radius 1 is 1.10 bits per heavy atom. The second-order valence-electron chi connectivity index (χ2n) is 5.25. The van der Waals surface area contributed by atoms with Crippen molar-refractivity contribution in [1.29, 1.82) is 0 Å². The fourth-order valence-corrected chi connectivity index (χ4v) is 2.44. The number of likely N-dealkylation sites (N-methyl/N-ethyl adjacent to an activating group) is 1. The number of nitrogens with one attached hydrogen (secondary N) is 1. The quantitative estimate of drug-likeness (QED) is 0.859. The molecule has 1 aromatic rings. The van der Waals surface area contributed by atoms with E-state index < -0.39 is 0 Å². The molecule has 0 aromatic heterocycles. The minimum Gasteiger partial charge on any atom is -0.347 e. The fraction of sp³-hybridized carbons (Fsp3) is 0.500. The highest BCUT2D eigenvalue weighted by molar-refractivity contribution is 5.85. The Labute approximate surface area is 125 Å². The van der Waals surface area contributed by atoms with Gasteiger partial charge in [-0.1, -0.05) is 37.3 Å². The summed E-state index contributed by atoms with van der Waals surface area (Å²) in [4.78, 5) is 28.0. The van der Waals surface area contributed by atoms with Crippen LogP contribution < -0.4 is 5.32 Å². The minimum atomic E-state index is -0.109. The second-order valence-corrected chi connectivity index (χ2v) is 5.25. The van der Waals surface area contributed by atoms with Gasteiger partial charge in [-0.3, -0.25) is 9.59 Å². The average Bonchev–Trinajstić information content (AvgIpc) is 2.53. The first-order valence-corrected chi connectivity index (χ1v) is 7.49. The number of piperazine rings is 1. The molecular formula is C16H23N3O2. The third-order valence-corrected chi connectivity index (χ3v) is 3.82. The van der Waals surface area contributed by atoms with Crippen molar-refractivity contribution in [2.75, 3.05) is 39.3 Å². The van der Waals surface area contributed by atoms with E-state index >= 15 is 0 Å². The number of amides is 2. The van der Waals surface area contributed by atoms with E-state index in [0.29, 0.717) is 6.42 Å². The van der Waals surface area contributed by atoms with Gasteiger partial charge in [-0.2, -0.15) is 0 Å². The lowest BCUT2D eigenvalue weighted by Crippen LogP contribution is -2.51. The molecule has 1 aliphatic rings. The van der Waals surface area contributed by atoms with Crippen LogP contribution >= 0.6 is 0 Å². The Balaban J connectivity index is 1.70. The van der Waals surface area contributed by atoms with Gasteiger partial charge < -0.3 is 15.1 Å². The molecule has 0 atom stereocenters. The Morgan fingerprint density at radius 3 is 2.38 bits per heavy atom. The highest BCUT2D eigenvalue weighted by Crippen LogP contribution is 2.02. The van der Waals surface area contributed by atoms with E-state index in [1.54, 1.807) is 0 Å². The smallest absolute Gasteiger partial charge is 0.242 e. The van der Waals surface area contributed by atoms with Gasteiger partial charge in [-0.05, 0) is 12.1 Å². The molecular weight excluding hydrogens is 266 g/mol. The van der Waals surface area contributed by atoms with Crippen molar-refractivity contribution >= 4 is 11.8 Å². The van der Waals surface area contributed by atoms with E-state index in [2.05, 4.69) is 17.1 Å². The van der Waals surface area contributed by atoms with Crippen LogP contribution in [0.3, 0.4) is 0 Å². The molecule has 5 nitrogen and oxygen atoms in total. The molecule has 0 radical (unpaired) electrons. The molecule has 1 aromatic carbocycles. The molecule has 1 N–H and O–H groups in total. The Hall–Kier alpha value is -1.88. The maximum atomic E-state index is 12.0. The number of hydrogen-bond donors (Lipinski definition) is 1. The summed E-state index contributed by atoms with van der Waals surface area (Å²) in [6.07, 6.45) is 0.317. The average molecular weight is 289 g/mol. The van der Waals surface area contributed by atoms with E-state index in [-0.39, 0.29) is 18.4 Å². The van der Waals surface area contributed by atoms with Crippen molar-refractivity contribution in [2.24, 2.45) is 0 Å². The topological polar surface area (TPSA) is 52.6 Å². The van der Waals surface area contributed by atoms with Gasteiger partial charge >= 0.3 is 0 Å². The Bertz CT molecular complexity index is 468. The standard InChI is InChI=1S/C16H23N3O2/c1-2-18-8-10-19(11-9-18)16(21)13-17-15(20)12-14-6-4-3-5-7-14/h3-7H,2,8-13H2,1H3,(H,17,20).